The van der Waals surface area contributed by atoms with Gasteiger partial charge in [0.15, 0.2) is 0 Å². The number of carbonyl (C=O) groups excluding carboxylic acids is 1. The molecule has 0 N–H and O–H groups in total. The molecule has 2 aromatic carbocycles. The summed E-state index contributed by atoms with van der Waals surface area (Å²) in [4.78, 5) is 14.6. The van der Waals surface area contributed by atoms with E-state index in [1.165, 1.54) is 5.56 Å². The molecule has 1 heterocycles. The van der Waals surface area contributed by atoms with Crippen LogP contribution in [0.1, 0.15) is 15.9 Å². The molecule has 4 nitrogen and oxygen atoms in total. The zero-order valence-corrected chi connectivity index (χ0v) is 12.1. The Bertz CT molecular complexity index is 659. The van der Waals surface area contributed by atoms with Gasteiger partial charge >= 0.3 is 0 Å². The van der Waals surface area contributed by atoms with Crippen LogP contribution in [0.3, 0.4) is 0 Å². The number of fused-ring (bicyclic) bond motifs is 1. The maximum absolute atomic E-state index is 12.8. The summed E-state index contributed by atoms with van der Waals surface area (Å²) in [5.41, 5.74) is 2.77. The van der Waals surface area contributed by atoms with E-state index >= 15 is 0 Å². The second-order valence-electron chi connectivity index (χ2n) is 4.94. The summed E-state index contributed by atoms with van der Waals surface area (Å²) in [5.74, 6) is 1.20. The highest BCUT2D eigenvalue weighted by atomic mass is 16.5. The Kier molecular flexibility index (Phi) is 3.52. The van der Waals surface area contributed by atoms with Crippen LogP contribution in [0.25, 0.3) is 0 Å². The molecule has 0 saturated heterocycles. The van der Waals surface area contributed by atoms with E-state index in [4.69, 9.17) is 9.47 Å². The van der Waals surface area contributed by atoms with Crippen LogP contribution in [-0.2, 0) is 6.42 Å². The minimum absolute atomic E-state index is 0.0304. The summed E-state index contributed by atoms with van der Waals surface area (Å²) < 4.78 is 10.5. The lowest BCUT2D eigenvalue weighted by Crippen LogP contribution is -2.28. The van der Waals surface area contributed by atoms with E-state index in [0.717, 1.165) is 12.1 Å². The molecule has 0 aromatic heterocycles. The maximum Gasteiger partial charge on any atom is 0.258 e. The van der Waals surface area contributed by atoms with Gasteiger partial charge in [0.05, 0.1) is 14.2 Å². The van der Waals surface area contributed by atoms with Crippen molar-refractivity contribution in [1.82, 2.24) is 0 Å². The lowest BCUT2D eigenvalue weighted by atomic mass is 10.1. The second-order valence-corrected chi connectivity index (χ2v) is 4.94. The molecule has 0 radical (unpaired) electrons. The van der Waals surface area contributed by atoms with Crippen LogP contribution in [0.4, 0.5) is 5.69 Å². The highest BCUT2D eigenvalue weighted by Crippen LogP contribution is 2.30. The van der Waals surface area contributed by atoms with Gasteiger partial charge in [-0.3, -0.25) is 4.79 Å². The molecule has 1 aliphatic rings. The first-order valence-corrected chi connectivity index (χ1v) is 6.86. The summed E-state index contributed by atoms with van der Waals surface area (Å²) >= 11 is 0. The van der Waals surface area contributed by atoms with Crippen molar-refractivity contribution in [3.63, 3.8) is 0 Å². The Morgan fingerprint density at radius 3 is 2.38 bits per heavy atom. The average molecular weight is 283 g/mol. The number of nitrogens with zero attached hydrogens (tertiary/aromatic N) is 1. The maximum atomic E-state index is 12.8. The molecule has 0 unspecified atom stereocenters. The van der Waals surface area contributed by atoms with E-state index in [1.54, 1.807) is 32.4 Å². The van der Waals surface area contributed by atoms with Crippen molar-refractivity contribution in [3.05, 3.63) is 53.6 Å². The number of ether oxygens (including phenoxy) is 2. The molecule has 3 rings (SSSR count). The molecule has 2 aromatic rings. The van der Waals surface area contributed by atoms with Crippen LogP contribution in [0.15, 0.2) is 42.5 Å². The predicted octanol–water partition coefficient (Wildman–Crippen LogP) is 2.91. The van der Waals surface area contributed by atoms with Crippen LogP contribution in [-0.4, -0.2) is 26.7 Å². The number of hydrogen-bond acceptors (Lipinski definition) is 3. The number of benzene rings is 2. The molecule has 0 saturated carbocycles. The average Bonchev–Trinajstić information content (AvgIpc) is 2.97. The summed E-state index contributed by atoms with van der Waals surface area (Å²) in [6, 6.07) is 13.2. The topological polar surface area (TPSA) is 38.8 Å². The highest BCUT2D eigenvalue weighted by Gasteiger charge is 2.25. The van der Waals surface area contributed by atoms with Gasteiger partial charge in [0, 0.05) is 23.9 Å². The summed E-state index contributed by atoms with van der Waals surface area (Å²) in [7, 11) is 3.16. The van der Waals surface area contributed by atoms with E-state index in [2.05, 4.69) is 6.07 Å². The quantitative estimate of drug-likeness (QED) is 0.869. The molecule has 1 amide bonds. The fourth-order valence-electron chi connectivity index (χ4n) is 2.64. The van der Waals surface area contributed by atoms with Gasteiger partial charge in [0.1, 0.15) is 11.5 Å². The van der Waals surface area contributed by atoms with Gasteiger partial charge in [-0.15, -0.1) is 0 Å². The van der Waals surface area contributed by atoms with Gasteiger partial charge in [-0.1, -0.05) is 18.2 Å². The smallest absolute Gasteiger partial charge is 0.258 e. The van der Waals surface area contributed by atoms with Crippen LogP contribution in [0.2, 0.25) is 0 Å². The van der Waals surface area contributed by atoms with Crippen LogP contribution < -0.4 is 14.4 Å². The molecular formula is C17H17NO3. The number of rotatable bonds is 3. The Morgan fingerprint density at radius 1 is 1.05 bits per heavy atom. The Balaban J connectivity index is 1.96. The van der Waals surface area contributed by atoms with Crippen molar-refractivity contribution in [2.45, 2.75) is 6.42 Å². The minimum atomic E-state index is -0.0304. The van der Waals surface area contributed by atoms with Crippen molar-refractivity contribution in [2.75, 3.05) is 25.7 Å². The van der Waals surface area contributed by atoms with Crippen LogP contribution >= 0.6 is 0 Å². The van der Waals surface area contributed by atoms with Gasteiger partial charge < -0.3 is 14.4 Å². The van der Waals surface area contributed by atoms with Gasteiger partial charge in [-0.25, -0.2) is 0 Å². The SMILES string of the molecule is COc1cc(OC)cc(C(=O)N2CCc3ccccc32)c1. The first kappa shape index (κ1) is 13.5. The third-order valence-corrected chi connectivity index (χ3v) is 3.73. The second kappa shape index (κ2) is 5.48. The van der Waals surface area contributed by atoms with Crippen molar-refractivity contribution in [1.29, 1.82) is 0 Å². The van der Waals surface area contributed by atoms with Crippen LogP contribution in [0.5, 0.6) is 11.5 Å². The minimum Gasteiger partial charge on any atom is -0.497 e. The number of amides is 1. The third kappa shape index (κ3) is 2.44. The number of hydrogen-bond donors (Lipinski definition) is 0. The van der Waals surface area contributed by atoms with Crippen molar-refractivity contribution in [3.8, 4) is 11.5 Å². The van der Waals surface area contributed by atoms with Gasteiger partial charge in [-0.05, 0) is 30.2 Å². The molecule has 4 heteroatoms. The largest absolute Gasteiger partial charge is 0.497 e. The van der Waals surface area contributed by atoms with Crippen LogP contribution in [0, 0.1) is 0 Å². The molecular weight excluding hydrogens is 266 g/mol. The summed E-state index contributed by atoms with van der Waals surface area (Å²) in [5, 5.41) is 0. The van der Waals surface area contributed by atoms with Crippen molar-refractivity contribution >= 4 is 11.6 Å². The molecule has 1 aliphatic heterocycles. The fraction of sp³-hybridized carbons (Fsp3) is 0.235. The zero-order valence-electron chi connectivity index (χ0n) is 12.1. The summed E-state index contributed by atoms with van der Waals surface area (Å²) in [6.45, 7) is 0.706. The van der Waals surface area contributed by atoms with E-state index in [1.807, 2.05) is 23.1 Å². The highest BCUT2D eigenvalue weighted by molar-refractivity contribution is 6.07. The zero-order chi connectivity index (χ0) is 14.8. The van der Waals surface area contributed by atoms with E-state index in [9.17, 15) is 4.79 Å². The van der Waals surface area contributed by atoms with Crippen molar-refractivity contribution < 1.29 is 14.3 Å². The number of carbonyl (C=O) groups is 1. The van der Waals surface area contributed by atoms with E-state index in [0.29, 0.717) is 23.6 Å². The normalized spacial score (nSPS) is 13.0. The van der Waals surface area contributed by atoms with Gasteiger partial charge in [0.25, 0.3) is 5.91 Å². The lowest BCUT2D eigenvalue weighted by Gasteiger charge is -2.18. The third-order valence-electron chi connectivity index (χ3n) is 3.73. The predicted molar refractivity (Wildman–Crippen MR) is 81.4 cm³/mol. The van der Waals surface area contributed by atoms with E-state index < -0.39 is 0 Å². The molecule has 0 spiro atoms. The number of anilines is 1. The van der Waals surface area contributed by atoms with Gasteiger partial charge in [0.2, 0.25) is 0 Å². The Morgan fingerprint density at radius 2 is 1.71 bits per heavy atom. The summed E-state index contributed by atoms with van der Waals surface area (Å²) in [6.07, 6.45) is 0.892. The van der Waals surface area contributed by atoms with Crippen molar-refractivity contribution in [2.24, 2.45) is 0 Å². The lowest BCUT2D eigenvalue weighted by molar-refractivity contribution is 0.0988. The standard InChI is InChI=1S/C17H17NO3/c1-20-14-9-13(10-15(11-14)21-2)17(19)18-8-7-12-5-3-4-6-16(12)18/h3-6,9-11H,7-8H2,1-2H3. The Labute approximate surface area is 123 Å². The molecule has 0 atom stereocenters. The molecule has 0 aliphatic carbocycles. The fourth-order valence-corrected chi connectivity index (χ4v) is 2.64. The van der Waals surface area contributed by atoms with E-state index in [-0.39, 0.29) is 5.91 Å². The monoisotopic (exact) mass is 283 g/mol. The number of methoxy groups -OCH3 is 2. The molecule has 0 fully saturated rings. The first-order valence-electron chi connectivity index (χ1n) is 6.86. The molecule has 108 valence electrons. The molecule has 21 heavy (non-hydrogen) atoms. The molecule has 0 bridgehead atoms. The van der Waals surface area contributed by atoms with Gasteiger partial charge in [-0.2, -0.15) is 0 Å². The number of para-hydroxylation sites is 1. The first-order chi connectivity index (χ1) is 10.2. The Hall–Kier alpha value is -2.49.